The largest absolute Gasteiger partial charge is 0.506 e. The van der Waals surface area contributed by atoms with Gasteiger partial charge in [-0.05, 0) is 43.3 Å². The van der Waals surface area contributed by atoms with Gasteiger partial charge in [0.1, 0.15) is 11.5 Å². The van der Waals surface area contributed by atoms with Gasteiger partial charge in [-0.1, -0.05) is 58.5 Å². The Morgan fingerprint density at radius 3 is 1.93 bits per heavy atom. The van der Waals surface area contributed by atoms with Gasteiger partial charge in [0.2, 0.25) is 0 Å². The van der Waals surface area contributed by atoms with Crippen molar-refractivity contribution in [1.82, 2.24) is 0 Å². The van der Waals surface area contributed by atoms with Gasteiger partial charge in [-0.3, -0.25) is 0 Å². The van der Waals surface area contributed by atoms with E-state index in [0.717, 1.165) is 15.4 Å². The highest BCUT2D eigenvalue weighted by Crippen LogP contribution is 2.40. The van der Waals surface area contributed by atoms with Crippen molar-refractivity contribution in [2.45, 2.75) is 28.2 Å². The molecule has 30 heavy (non-hydrogen) atoms. The van der Waals surface area contributed by atoms with Crippen molar-refractivity contribution in [2.75, 3.05) is 6.61 Å². The molecule has 0 bridgehead atoms. The fourth-order valence-electron chi connectivity index (χ4n) is 2.76. The predicted octanol–water partition coefficient (Wildman–Crippen LogP) is 8.99. The van der Waals surface area contributed by atoms with Crippen LogP contribution >= 0.6 is 69.9 Å². The van der Waals surface area contributed by atoms with Gasteiger partial charge in [0.25, 0.3) is 0 Å². The SMILES string of the molecule is CCOc1c(Cl)cc(Cl)cc1CSc1ccccc1SCc1cc(Cl)cc(Cl)c1O. The minimum absolute atomic E-state index is 0.0635. The van der Waals surface area contributed by atoms with Crippen molar-refractivity contribution < 1.29 is 9.84 Å². The Hall–Kier alpha value is -0.880. The highest BCUT2D eigenvalue weighted by molar-refractivity contribution is 8.01. The van der Waals surface area contributed by atoms with Crippen LogP contribution in [0.25, 0.3) is 0 Å². The lowest BCUT2D eigenvalue weighted by Gasteiger charge is -2.14. The first-order valence-corrected chi connectivity index (χ1v) is 12.5. The molecular weight excluding hydrogens is 502 g/mol. The van der Waals surface area contributed by atoms with E-state index in [1.165, 1.54) is 6.07 Å². The van der Waals surface area contributed by atoms with Gasteiger partial charge in [0.15, 0.2) is 0 Å². The van der Waals surface area contributed by atoms with Crippen molar-refractivity contribution in [3.8, 4) is 11.5 Å². The normalized spacial score (nSPS) is 11.0. The molecule has 0 aliphatic rings. The van der Waals surface area contributed by atoms with Gasteiger partial charge in [-0.25, -0.2) is 0 Å². The van der Waals surface area contributed by atoms with E-state index < -0.39 is 0 Å². The summed E-state index contributed by atoms with van der Waals surface area (Å²) in [5.41, 5.74) is 1.64. The highest BCUT2D eigenvalue weighted by atomic mass is 35.5. The molecule has 158 valence electrons. The van der Waals surface area contributed by atoms with Crippen molar-refractivity contribution >= 4 is 69.9 Å². The number of halogens is 4. The standard InChI is InChI=1S/C22H18Cl4O2S2/c1-2-28-22-14(8-16(24)10-18(22)26)12-30-20-6-4-3-5-19(20)29-11-13-7-15(23)9-17(25)21(13)27/h3-10,27H,2,11-12H2,1H3. The third kappa shape index (κ3) is 6.09. The van der Waals surface area contributed by atoms with Crippen molar-refractivity contribution in [3.05, 3.63) is 79.7 Å². The quantitative estimate of drug-likeness (QED) is 0.300. The summed E-state index contributed by atoms with van der Waals surface area (Å²) in [7, 11) is 0. The van der Waals surface area contributed by atoms with Crippen LogP contribution in [0, 0.1) is 0 Å². The van der Waals surface area contributed by atoms with E-state index in [0.29, 0.717) is 44.5 Å². The molecule has 0 saturated heterocycles. The van der Waals surface area contributed by atoms with E-state index in [1.54, 1.807) is 35.7 Å². The molecule has 0 saturated carbocycles. The Balaban J connectivity index is 1.77. The van der Waals surface area contributed by atoms with Crippen LogP contribution in [0.3, 0.4) is 0 Å². The number of hydrogen-bond acceptors (Lipinski definition) is 4. The molecule has 0 aliphatic heterocycles. The second-order valence-corrected chi connectivity index (χ2v) is 9.95. The molecule has 2 nitrogen and oxygen atoms in total. The minimum atomic E-state index is 0.0635. The zero-order valence-corrected chi connectivity index (χ0v) is 20.6. The van der Waals surface area contributed by atoms with Crippen molar-refractivity contribution in [1.29, 1.82) is 0 Å². The van der Waals surface area contributed by atoms with Crippen LogP contribution in [-0.4, -0.2) is 11.7 Å². The van der Waals surface area contributed by atoms with Crippen LogP contribution in [0.1, 0.15) is 18.1 Å². The molecular formula is C22H18Cl4O2S2. The molecule has 0 unspecified atom stereocenters. The molecule has 0 spiro atoms. The second-order valence-electron chi connectivity index (χ2n) is 6.23. The summed E-state index contributed by atoms with van der Waals surface area (Å²) < 4.78 is 5.72. The van der Waals surface area contributed by atoms with E-state index in [2.05, 4.69) is 6.07 Å². The van der Waals surface area contributed by atoms with Gasteiger partial charge in [-0.2, -0.15) is 0 Å². The van der Waals surface area contributed by atoms with E-state index in [4.69, 9.17) is 51.1 Å². The summed E-state index contributed by atoms with van der Waals surface area (Å²) in [5.74, 6) is 1.92. The maximum atomic E-state index is 10.2. The fraction of sp³-hybridized carbons (Fsp3) is 0.182. The first-order chi connectivity index (χ1) is 14.4. The number of phenolic OH excluding ortho intramolecular Hbond substituents is 1. The first kappa shape index (κ1) is 23.8. The van der Waals surface area contributed by atoms with Gasteiger partial charge in [0.05, 0.1) is 16.7 Å². The maximum Gasteiger partial charge on any atom is 0.142 e. The zero-order chi connectivity index (χ0) is 21.7. The average Bonchev–Trinajstić information content (AvgIpc) is 2.70. The summed E-state index contributed by atoms with van der Waals surface area (Å²) in [6.07, 6.45) is 0. The molecule has 0 atom stereocenters. The number of aromatic hydroxyl groups is 1. The number of ether oxygens (including phenoxy) is 1. The molecule has 0 heterocycles. The lowest BCUT2D eigenvalue weighted by atomic mass is 10.2. The summed E-state index contributed by atoms with van der Waals surface area (Å²) in [4.78, 5) is 2.19. The smallest absolute Gasteiger partial charge is 0.142 e. The van der Waals surface area contributed by atoms with E-state index >= 15 is 0 Å². The molecule has 1 N–H and O–H groups in total. The lowest BCUT2D eigenvalue weighted by molar-refractivity contribution is 0.338. The lowest BCUT2D eigenvalue weighted by Crippen LogP contribution is -1.97. The van der Waals surface area contributed by atoms with Crippen molar-refractivity contribution in [3.63, 3.8) is 0 Å². The fourth-order valence-corrected chi connectivity index (χ4v) is 6.06. The molecule has 0 fully saturated rings. The van der Waals surface area contributed by atoms with Crippen LogP contribution in [-0.2, 0) is 11.5 Å². The number of thioether (sulfide) groups is 2. The summed E-state index contributed by atoms with van der Waals surface area (Å²) in [5, 5.41) is 12.0. The van der Waals surface area contributed by atoms with E-state index in [-0.39, 0.29) is 10.8 Å². The Labute approximate surface area is 204 Å². The third-order valence-corrected chi connectivity index (χ3v) is 7.48. The van der Waals surface area contributed by atoms with Crippen LogP contribution in [0.2, 0.25) is 20.1 Å². The van der Waals surface area contributed by atoms with Crippen LogP contribution in [0.15, 0.2) is 58.3 Å². The summed E-state index contributed by atoms with van der Waals surface area (Å²) >= 11 is 27.9. The Bertz CT molecular complexity index is 1040. The van der Waals surface area contributed by atoms with E-state index in [1.807, 2.05) is 31.2 Å². The molecule has 0 aromatic heterocycles. The number of phenols is 1. The van der Waals surface area contributed by atoms with Crippen LogP contribution < -0.4 is 4.74 Å². The molecule has 3 rings (SSSR count). The zero-order valence-electron chi connectivity index (χ0n) is 15.9. The van der Waals surface area contributed by atoms with Gasteiger partial charge < -0.3 is 9.84 Å². The third-order valence-electron chi connectivity index (χ3n) is 4.10. The number of benzene rings is 3. The molecule has 0 amide bonds. The second kappa shape index (κ2) is 11.1. The molecule has 8 heteroatoms. The summed E-state index contributed by atoms with van der Waals surface area (Å²) in [6.45, 7) is 2.45. The van der Waals surface area contributed by atoms with Crippen molar-refractivity contribution in [2.24, 2.45) is 0 Å². The number of rotatable bonds is 8. The van der Waals surface area contributed by atoms with Crippen LogP contribution in [0.5, 0.6) is 11.5 Å². The van der Waals surface area contributed by atoms with E-state index in [9.17, 15) is 5.11 Å². The molecule has 3 aromatic carbocycles. The minimum Gasteiger partial charge on any atom is -0.506 e. The maximum absolute atomic E-state index is 10.2. The molecule has 0 radical (unpaired) electrons. The Kier molecular flexibility index (Phi) is 8.82. The monoisotopic (exact) mass is 518 g/mol. The topological polar surface area (TPSA) is 29.5 Å². The average molecular weight is 520 g/mol. The first-order valence-electron chi connectivity index (χ1n) is 9.01. The Morgan fingerprint density at radius 1 is 0.800 bits per heavy atom. The van der Waals surface area contributed by atoms with Gasteiger partial charge >= 0.3 is 0 Å². The Morgan fingerprint density at radius 2 is 1.33 bits per heavy atom. The van der Waals surface area contributed by atoms with Crippen LogP contribution in [0.4, 0.5) is 0 Å². The van der Waals surface area contributed by atoms with Gasteiger partial charge in [-0.15, -0.1) is 23.5 Å². The summed E-state index contributed by atoms with van der Waals surface area (Å²) in [6, 6.07) is 14.9. The highest BCUT2D eigenvalue weighted by Gasteiger charge is 2.13. The predicted molar refractivity (Wildman–Crippen MR) is 131 cm³/mol. The molecule has 3 aromatic rings. The number of hydrogen-bond donors (Lipinski definition) is 1. The van der Waals surface area contributed by atoms with Gasteiger partial charge in [0, 0.05) is 42.5 Å². The molecule has 0 aliphatic carbocycles.